The number of benzene rings is 2. The van der Waals surface area contributed by atoms with E-state index in [-0.39, 0.29) is 12.3 Å². The Kier molecular flexibility index (Phi) is 6.80. The van der Waals surface area contributed by atoms with Gasteiger partial charge in [0.2, 0.25) is 0 Å². The van der Waals surface area contributed by atoms with E-state index in [0.717, 1.165) is 16.7 Å². The molecule has 1 aromatic heterocycles. The predicted octanol–water partition coefficient (Wildman–Crippen LogP) is 5.01. The Morgan fingerprint density at radius 1 is 0.967 bits per heavy atom. The summed E-state index contributed by atoms with van der Waals surface area (Å²) in [5.41, 5.74) is 4.30. The highest BCUT2D eigenvalue weighted by molar-refractivity contribution is 5.89. The molecule has 0 saturated carbocycles. The molecule has 154 valence electrons. The molecule has 0 aliphatic rings. The molecule has 0 radical (unpaired) electrons. The number of anilines is 1. The quantitative estimate of drug-likeness (QED) is 0.541. The Morgan fingerprint density at radius 3 is 2.33 bits per heavy atom. The standard InChI is InChI=1S/C24H24N2O4/c1-4-29-23(27)22-15-17(2)14-21(25-22)19-10-12-20(13-11-19)26(3)24(28)30-16-18-8-6-5-7-9-18/h5-15H,4,16H2,1-3H3. The topological polar surface area (TPSA) is 68.7 Å². The van der Waals surface area contributed by atoms with Gasteiger partial charge in [-0.25, -0.2) is 14.6 Å². The van der Waals surface area contributed by atoms with Crippen molar-refractivity contribution in [3.8, 4) is 11.3 Å². The van der Waals surface area contributed by atoms with E-state index in [4.69, 9.17) is 9.47 Å². The Morgan fingerprint density at radius 2 is 1.67 bits per heavy atom. The Labute approximate surface area is 176 Å². The number of aryl methyl sites for hydroxylation is 1. The summed E-state index contributed by atoms with van der Waals surface area (Å²) in [6.07, 6.45) is -0.440. The lowest BCUT2D eigenvalue weighted by Crippen LogP contribution is -2.26. The van der Waals surface area contributed by atoms with Crippen molar-refractivity contribution in [3.63, 3.8) is 0 Å². The van der Waals surface area contributed by atoms with Gasteiger partial charge in [0, 0.05) is 18.3 Å². The maximum absolute atomic E-state index is 12.3. The Balaban J connectivity index is 1.71. The summed E-state index contributed by atoms with van der Waals surface area (Å²) in [6.45, 7) is 4.17. The normalized spacial score (nSPS) is 10.4. The number of amides is 1. The number of pyridine rings is 1. The van der Waals surface area contributed by atoms with Crippen molar-refractivity contribution >= 4 is 17.7 Å². The molecular weight excluding hydrogens is 380 g/mol. The second kappa shape index (κ2) is 9.69. The van der Waals surface area contributed by atoms with Gasteiger partial charge in [0.25, 0.3) is 0 Å². The maximum Gasteiger partial charge on any atom is 0.414 e. The van der Waals surface area contributed by atoms with E-state index in [1.165, 1.54) is 4.90 Å². The number of hydrogen-bond donors (Lipinski definition) is 0. The molecule has 30 heavy (non-hydrogen) atoms. The van der Waals surface area contributed by atoms with Gasteiger partial charge in [0.15, 0.2) is 0 Å². The van der Waals surface area contributed by atoms with E-state index in [0.29, 0.717) is 18.0 Å². The molecule has 0 unspecified atom stereocenters. The summed E-state index contributed by atoms with van der Waals surface area (Å²) in [5.74, 6) is -0.444. The number of carbonyl (C=O) groups is 2. The lowest BCUT2D eigenvalue weighted by molar-refractivity contribution is 0.0519. The predicted molar refractivity (Wildman–Crippen MR) is 115 cm³/mol. The number of hydrogen-bond acceptors (Lipinski definition) is 5. The van der Waals surface area contributed by atoms with Gasteiger partial charge in [-0.2, -0.15) is 0 Å². The lowest BCUT2D eigenvalue weighted by atomic mass is 10.1. The third kappa shape index (κ3) is 5.23. The zero-order chi connectivity index (χ0) is 21.5. The Hall–Kier alpha value is -3.67. The van der Waals surface area contributed by atoms with Gasteiger partial charge in [-0.3, -0.25) is 4.90 Å². The molecule has 0 N–H and O–H groups in total. The second-order valence-corrected chi connectivity index (χ2v) is 6.78. The van der Waals surface area contributed by atoms with Crippen LogP contribution in [-0.4, -0.2) is 30.7 Å². The molecule has 1 heterocycles. The SMILES string of the molecule is CCOC(=O)c1cc(C)cc(-c2ccc(N(C)C(=O)OCc3ccccc3)cc2)n1. The van der Waals surface area contributed by atoms with E-state index in [2.05, 4.69) is 4.98 Å². The average molecular weight is 404 g/mol. The van der Waals surface area contributed by atoms with Crippen LogP contribution in [-0.2, 0) is 16.1 Å². The largest absolute Gasteiger partial charge is 0.461 e. The molecule has 6 heteroatoms. The van der Waals surface area contributed by atoms with Crippen molar-refractivity contribution in [2.45, 2.75) is 20.5 Å². The zero-order valence-corrected chi connectivity index (χ0v) is 17.3. The van der Waals surface area contributed by atoms with Gasteiger partial charge in [-0.1, -0.05) is 42.5 Å². The third-order valence-corrected chi connectivity index (χ3v) is 4.48. The number of carbonyl (C=O) groups excluding carboxylic acids is 2. The fraction of sp³-hybridized carbons (Fsp3) is 0.208. The van der Waals surface area contributed by atoms with Crippen LogP contribution < -0.4 is 4.90 Å². The highest BCUT2D eigenvalue weighted by atomic mass is 16.6. The van der Waals surface area contributed by atoms with Crippen LogP contribution >= 0.6 is 0 Å². The smallest absolute Gasteiger partial charge is 0.414 e. The minimum absolute atomic E-state index is 0.214. The van der Waals surface area contributed by atoms with E-state index >= 15 is 0 Å². The maximum atomic E-state index is 12.3. The first-order valence-corrected chi connectivity index (χ1v) is 9.68. The second-order valence-electron chi connectivity index (χ2n) is 6.78. The van der Waals surface area contributed by atoms with E-state index in [1.54, 1.807) is 20.0 Å². The molecule has 0 aliphatic carbocycles. The number of esters is 1. The van der Waals surface area contributed by atoms with Crippen molar-refractivity contribution in [2.75, 3.05) is 18.6 Å². The minimum Gasteiger partial charge on any atom is -0.461 e. The summed E-state index contributed by atoms with van der Waals surface area (Å²) in [4.78, 5) is 30.2. The first-order valence-electron chi connectivity index (χ1n) is 9.68. The molecule has 3 aromatic rings. The summed E-state index contributed by atoms with van der Waals surface area (Å²) >= 11 is 0. The highest BCUT2D eigenvalue weighted by Crippen LogP contribution is 2.23. The van der Waals surface area contributed by atoms with Crippen LogP contribution in [0.2, 0.25) is 0 Å². The number of rotatable bonds is 6. The minimum atomic E-state index is -0.444. The van der Waals surface area contributed by atoms with Crippen molar-refractivity contribution in [2.24, 2.45) is 0 Å². The van der Waals surface area contributed by atoms with Crippen LogP contribution in [0.15, 0.2) is 66.7 Å². The molecule has 0 aliphatic heterocycles. The Bertz CT molecular complexity index is 1020. The van der Waals surface area contributed by atoms with Crippen molar-refractivity contribution in [3.05, 3.63) is 83.6 Å². The van der Waals surface area contributed by atoms with Crippen LogP contribution in [0.3, 0.4) is 0 Å². The van der Waals surface area contributed by atoms with Gasteiger partial charge in [0.05, 0.1) is 12.3 Å². The molecule has 1 amide bonds. The van der Waals surface area contributed by atoms with Crippen LogP contribution in [0, 0.1) is 6.92 Å². The van der Waals surface area contributed by atoms with Crippen molar-refractivity contribution in [1.82, 2.24) is 4.98 Å². The van der Waals surface area contributed by atoms with Crippen LogP contribution in [0.4, 0.5) is 10.5 Å². The molecular formula is C24H24N2O4. The van der Waals surface area contributed by atoms with Crippen molar-refractivity contribution in [1.29, 1.82) is 0 Å². The summed E-state index contributed by atoms with van der Waals surface area (Å²) in [7, 11) is 1.66. The zero-order valence-electron chi connectivity index (χ0n) is 17.3. The summed E-state index contributed by atoms with van der Waals surface area (Å²) in [6, 6.07) is 20.5. The van der Waals surface area contributed by atoms with Crippen LogP contribution in [0.5, 0.6) is 0 Å². The first-order chi connectivity index (χ1) is 14.5. The molecule has 0 fully saturated rings. The van der Waals surface area contributed by atoms with Gasteiger partial charge in [-0.05, 0) is 49.2 Å². The molecule has 0 spiro atoms. The van der Waals surface area contributed by atoms with E-state index < -0.39 is 12.1 Å². The van der Waals surface area contributed by atoms with Crippen LogP contribution in [0.1, 0.15) is 28.5 Å². The monoisotopic (exact) mass is 404 g/mol. The van der Waals surface area contributed by atoms with Gasteiger partial charge >= 0.3 is 12.1 Å². The fourth-order valence-electron chi connectivity index (χ4n) is 2.90. The van der Waals surface area contributed by atoms with E-state index in [9.17, 15) is 9.59 Å². The third-order valence-electron chi connectivity index (χ3n) is 4.48. The van der Waals surface area contributed by atoms with Crippen LogP contribution in [0.25, 0.3) is 11.3 Å². The fourth-order valence-corrected chi connectivity index (χ4v) is 2.90. The van der Waals surface area contributed by atoms with Crippen molar-refractivity contribution < 1.29 is 19.1 Å². The number of ether oxygens (including phenoxy) is 2. The number of nitrogens with zero attached hydrogens (tertiary/aromatic N) is 2. The molecule has 3 rings (SSSR count). The first kappa shape index (κ1) is 21.0. The molecule has 0 bridgehead atoms. The summed E-state index contributed by atoms with van der Waals surface area (Å²) < 4.78 is 10.4. The van der Waals surface area contributed by atoms with Gasteiger partial charge < -0.3 is 9.47 Å². The molecule has 2 aromatic carbocycles. The molecule has 0 saturated heterocycles. The summed E-state index contributed by atoms with van der Waals surface area (Å²) in [5, 5.41) is 0. The van der Waals surface area contributed by atoms with Gasteiger partial charge in [-0.15, -0.1) is 0 Å². The van der Waals surface area contributed by atoms with E-state index in [1.807, 2.05) is 67.6 Å². The molecule has 0 atom stereocenters. The van der Waals surface area contributed by atoms with Gasteiger partial charge in [0.1, 0.15) is 12.3 Å². The number of aromatic nitrogens is 1. The average Bonchev–Trinajstić information content (AvgIpc) is 2.77. The highest BCUT2D eigenvalue weighted by Gasteiger charge is 2.14. The lowest BCUT2D eigenvalue weighted by Gasteiger charge is -2.17. The molecule has 6 nitrogen and oxygen atoms in total.